The van der Waals surface area contributed by atoms with E-state index in [4.69, 9.17) is 9.47 Å². The van der Waals surface area contributed by atoms with Gasteiger partial charge in [0.25, 0.3) is 0 Å². The fourth-order valence-electron chi connectivity index (χ4n) is 4.37. The number of ether oxygens (including phenoxy) is 2. The summed E-state index contributed by atoms with van der Waals surface area (Å²) in [6.45, 7) is 0. The molecule has 4 heteroatoms. The van der Waals surface area contributed by atoms with Crippen LogP contribution in [0.25, 0.3) is 0 Å². The Morgan fingerprint density at radius 1 is 1.00 bits per heavy atom. The fourth-order valence-corrected chi connectivity index (χ4v) is 4.37. The maximum absolute atomic E-state index is 13.0. The van der Waals surface area contributed by atoms with E-state index in [1.165, 1.54) is 0 Å². The third-order valence-electron chi connectivity index (χ3n) is 5.49. The van der Waals surface area contributed by atoms with Crippen LogP contribution < -0.4 is 4.74 Å². The number of hydrogen-bond acceptors (Lipinski definition) is 4. The number of ketones is 2. The third-order valence-corrected chi connectivity index (χ3v) is 5.49. The number of rotatable bonds is 1. The molecule has 1 heterocycles. The highest BCUT2D eigenvalue weighted by Gasteiger charge is 2.49. The molecule has 2 atom stereocenters. The van der Waals surface area contributed by atoms with Gasteiger partial charge in [-0.05, 0) is 24.5 Å². The van der Waals surface area contributed by atoms with Crippen LogP contribution in [0.3, 0.4) is 0 Å². The van der Waals surface area contributed by atoms with Gasteiger partial charge in [0.15, 0.2) is 11.5 Å². The topological polar surface area (TPSA) is 52.6 Å². The average Bonchev–Trinajstić information content (AvgIpc) is 3.06. The van der Waals surface area contributed by atoms with E-state index < -0.39 is 0 Å². The molecule has 3 aliphatic rings. The number of fused-ring (bicyclic) bond motifs is 5. The number of methoxy groups -OCH3 is 1. The number of Topliss-reactive ketones (excluding diaryl/α,β-unsaturated/α-hetero) is 2. The van der Waals surface area contributed by atoms with Gasteiger partial charge in [0.05, 0.1) is 12.7 Å². The van der Waals surface area contributed by atoms with E-state index in [9.17, 15) is 9.59 Å². The molecule has 2 aromatic carbocycles. The molecule has 0 spiro atoms. The Labute approximate surface area is 145 Å². The van der Waals surface area contributed by atoms with Gasteiger partial charge in [-0.25, -0.2) is 0 Å². The largest absolute Gasteiger partial charge is 0.496 e. The van der Waals surface area contributed by atoms with Crippen molar-refractivity contribution in [2.75, 3.05) is 7.11 Å². The van der Waals surface area contributed by atoms with Crippen molar-refractivity contribution in [3.63, 3.8) is 0 Å². The maximum Gasteiger partial charge on any atom is 0.228 e. The van der Waals surface area contributed by atoms with Crippen LogP contribution in [0.1, 0.15) is 44.4 Å². The van der Waals surface area contributed by atoms with Crippen LogP contribution in [-0.4, -0.2) is 18.7 Å². The van der Waals surface area contributed by atoms with Crippen LogP contribution in [0, 0.1) is 5.92 Å². The molecule has 5 rings (SSSR count). The summed E-state index contributed by atoms with van der Waals surface area (Å²) in [5.74, 6) is 0.771. The van der Waals surface area contributed by atoms with E-state index in [0.717, 1.165) is 29.7 Å². The van der Waals surface area contributed by atoms with Crippen molar-refractivity contribution >= 4 is 11.6 Å². The van der Waals surface area contributed by atoms with Crippen LogP contribution in [0.5, 0.6) is 5.75 Å². The molecule has 0 aromatic heterocycles. The predicted molar refractivity (Wildman–Crippen MR) is 90.8 cm³/mol. The number of benzene rings is 2. The van der Waals surface area contributed by atoms with Crippen molar-refractivity contribution in [1.82, 2.24) is 0 Å². The molecule has 2 aliphatic carbocycles. The van der Waals surface area contributed by atoms with Crippen molar-refractivity contribution in [3.8, 4) is 5.75 Å². The van der Waals surface area contributed by atoms with E-state index in [2.05, 4.69) is 0 Å². The Hall–Kier alpha value is -2.88. The Balaban J connectivity index is 1.63. The minimum absolute atomic E-state index is 0.0657. The molecule has 124 valence electrons. The lowest BCUT2D eigenvalue weighted by Gasteiger charge is -2.29. The summed E-state index contributed by atoms with van der Waals surface area (Å²) in [7, 11) is 1.66. The van der Waals surface area contributed by atoms with Crippen molar-refractivity contribution in [1.29, 1.82) is 0 Å². The van der Waals surface area contributed by atoms with Crippen LogP contribution in [0.2, 0.25) is 0 Å². The van der Waals surface area contributed by atoms with Crippen molar-refractivity contribution < 1.29 is 19.1 Å². The van der Waals surface area contributed by atoms with Crippen LogP contribution in [0.4, 0.5) is 0 Å². The summed E-state index contributed by atoms with van der Waals surface area (Å²) in [6.07, 6.45) is 1.30. The minimum Gasteiger partial charge on any atom is -0.496 e. The second kappa shape index (κ2) is 5.06. The molecule has 4 nitrogen and oxygen atoms in total. The molecule has 1 aliphatic heterocycles. The summed E-state index contributed by atoms with van der Waals surface area (Å²) in [5, 5.41) is 0. The van der Waals surface area contributed by atoms with Gasteiger partial charge >= 0.3 is 0 Å². The second-order valence-electron chi connectivity index (χ2n) is 6.66. The zero-order valence-electron chi connectivity index (χ0n) is 13.7. The first-order valence-corrected chi connectivity index (χ1v) is 8.45. The van der Waals surface area contributed by atoms with Crippen LogP contribution in [-0.2, 0) is 11.2 Å². The highest BCUT2D eigenvalue weighted by atomic mass is 16.5. The SMILES string of the molecule is COc1cccc2c1CC[C@@H]1C3=C(O[C@H]21)C(=O)c1ccccc1C3=O. The van der Waals surface area contributed by atoms with Crippen LogP contribution >= 0.6 is 0 Å². The van der Waals surface area contributed by atoms with Crippen molar-refractivity contribution in [2.45, 2.75) is 18.9 Å². The molecule has 0 saturated heterocycles. The van der Waals surface area contributed by atoms with E-state index in [1.807, 2.05) is 18.2 Å². The molecule has 25 heavy (non-hydrogen) atoms. The van der Waals surface area contributed by atoms with Gasteiger partial charge in [-0.1, -0.05) is 36.4 Å². The summed E-state index contributed by atoms with van der Waals surface area (Å²) in [6, 6.07) is 12.9. The molecular formula is C21H16O4. The molecule has 0 fully saturated rings. The molecule has 0 amide bonds. The second-order valence-corrected chi connectivity index (χ2v) is 6.66. The first kappa shape index (κ1) is 14.5. The molecular weight excluding hydrogens is 316 g/mol. The smallest absolute Gasteiger partial charge is 0.228 e. The van der Waals surface area contributed by atoms with Gasteiger partial charge in [-0.15, -0.1) is 0 Å². The van der Waals surface area contributed by atoms with Gasteiger partial charge in [-0.2, -0.15) is 0 Å². The molecule has 0 radical (unpaired) electrons. The number of carbonyl (C=O) groups is 2. The van der Waals surface area contributed by atoms with Gasteiger partial charge in [0.1, 0.15) is 11.9 Å². The predicted octanol–water partition coefficient (Wildman–Crippen LogP) is 3.66. The van der Waals surface area contributed by atoms with E-state index in [1.54, 1.807) is 31.4 Å². The summed E-state index contributed by atoms with van der Waals surface area (Å²) in [5.41, 5.74) is 3.63. The van der Waals surface area contributed by atoms with Gasteiger partial charge in [0.2, 0.25) is 5.78 Å². The zero-order chi connectivity index (χ0) is 17.1. The standard InChI is InChI=1S/C21H16O4/c1-24-16-8-4-7-14-11(16)9-10-15-17-18(22)12-5-2-3-6-13(12)19(23)21(17)25-20(14)15/h2-8,15,20H,9-10H2,1H3/t15-,20-/m1/s1. The van der Waals surface area contributed by atoms with Gasteiger partial charge < -0.3 is 9.47 Å². The highest BCUT2D eigenvalue weighted by Crippen LogP contribution is 2.52. The lowest BCUT2D eigenvalue weighted by Crippen LogP contribution is -2.25. The zero-order valence-corrected chi connectivity index (χ0v) is 13.7. The quantitative estimate of drug-likeness (QED) is 0.800. The Morgan fingerprint density at radius 2 is 1.76 bits per heavy atom. The molecule has 0 saturated carbocycles. The first-order valence-electron chi connectivity index (χ1n) is 8.45. The fraction of sp³-hybridized carbons (Fsp3) is 0.238. The normalized spacial score (nSPS) is 23.4. The molecule has 0 N–H and O–H groups in total. The highest BCUT2D eigenvalue weighted by molar-refractivity contribution is 6.26. The number of allylic oxidation sites excluding steroid dienone is 1. The monoisotopic (exact) mass is 332 g/mol. The van der Waals surface area contributed by atoms with E-state index in [-0.39, 0.29) is 29.3 Å². The minimum atomic E-state index is -0.286. The lowest BCUT2D eigenvalue weighted by atomic mass is 9.74. The average molecular weight is 332 g/mol. The number of hydrogen-bond donors (Lipinski definition) is 0. The molecule has 0 bridgehead atoms. The van der Waals surface area contributed by atoms with Gasteiger partial charge in [-0.3, -0.25) is 9.59 Å². The Morgan fingerprint density at radius 3 is 2.52 bits per heavy atom. The molecule has 2 aromatic rings. The summed E-state index contributed by atoms with van der Waals surface area (Å²) >= 11 is 0. The Kier molecular flexibility index (Phi) is 2.93. The summed E-state index contributed by atoms with van der Waals surface area (Å²) in [4.78, 5) is 25.9. The van der Waals surface area contributed by atoms with Crippen LogP contribution in [0.15, 0.2) is 53.8 Å². The van der Waals surface area contributed by atoms with Crippen molar-refractivity contribution in [3.05, 3.63) is 76.1 Å². The lowest BCUT2D eigenvalue weighted by molar-refractivity contribution is 0.0749. The first-order chi connectivity index (χ1) is 12.2. The van der Waals surface area contributed by atoms with Gasteiger partial charge in [0, 0.05) is 22.6 Å². The summed E-state index contributed by atoms with van der Waals surface area (Å²) < 4.78 is 11.6. The maximum atomic E-state index is 13.0. The van der Waals surface area contributed by atoms with E-state index in [0.29, 0.717) is 16.7 Å². The molecule has 0 unspecified atom stereocenters. The van der Waals surface area contributed by atoms with E-state index >= 15 is 0 Å². The third kappa shape index (κ3) is 1.82. The Bertz CT molecular complexity index is 970. The number of carbonyl (C=O) groups excluding carboxylic acids is 2. The van der Waals surface area contributed by atoms with Crippen molar-refractivity contribution in [2.24, 2.45) is 5.92 Å².